The first-order valence-electron chi connectivity index (χ1n) is 19.5. The number of carbonyl (C=O) groups excluding carboxylic acids is 7. The number of carbonyl (C=O) groups is 7. The van der Waals surface area contributed by atoms with Crippen LogP contribution in [0.3, 0.4) is 0 Å². The Morgan fingerprint density at radius 2 is 1.36 bits per heavy atom. The number of β-amino-alcohol motifs (C(OH)–C–C–N with tert-alkyl or cyclic N) is 1. The fraction of sp³-hybridized carbons (Fsp3) is 0.675. The number of primary amides is 1. The molecule has 2 rings (SSSR count). The molecule has 15 heteroatoms. The van der Waals surface area contributed by atoms with Crippen molar-refractivity contribution in [3.63, 3.8) is 0 Å². The number of nitrogens with zero attached hydrogens (tertiary/aromatic N) is 1. The van der Waals surface area contributed by atoms with Crippen molar-refractivity contribution in [1.82, 2.24) is 31.5 Å². The quantitative estimate of drug-likeness (QED) is 0.0890. The molecular weight excluding hydrogens is 706 g/mol. The molecule has 0 unspecified atom stereocenters. The zero-order valence-electron chi connectivity index (χ0n) is 34.0. The van der Waals surface area contributed by atoms with E-state index >= 15 is 0 Å². The molecule has 8 N–H and O–H groups in total. The first kappa shape index (κ1) is 46.8. The molecule has 1 fully saturated rings. The molecule has 1 saturated heterocycles. The van der Waals surface area contributed by atoms with Gasteiger partial charge < -0.3 is 37.4 Å². The number of likely N-dealkylation sites (tertiary alicyclic amines) is 1. The maximum Gasteiger partial charge on any atom is 0.243 e. The summed E-state index contributed by atoms with van der Waals surface area (Å²) in [5, 5.41) is 25.1. The highest BCUT2D eigenvalue weighted by Crippen LogP contribution is 2.20. The summed E-state index contributed by atoms with van der Waals surface area (Å²) in [5.74, 6) is -4.71. The second-order valence-electron chi connectivity index (χ2n) is 15.9. The number of hydrogen-bond acceptors (Lipinski definition) is 9. The lowest BCUT2D eigenvalue weighted by molar-refractivity contribution is -0.137. The number of aliphatic hydroxyl groups is 1. The Labute approximate surface area is 326 Å². The molecule has 0 bridgehead atoms. The van der Waals surface area contributed by atoms with Crippen LogP contribution in [0.5, 0.6) is 0 Å². The molecule has 0 saturated carbocycles. The minimum atomic E-state index is -1.60. The summed E-state index contributed by atoms with van der Waals surface area (Å²) in [6, 6.07) is 3.27. The molecule has 1 aromatic carbocycles. The Morgan fingerprint density at radius 3 is 1.89 bits per heavy atom. The highest BCUT2D eigenvalue weighted by Gasteiger charge is 2.39. The number of rotatable bonds is 22. The molecule has 0 aromatic heterocycles. The molecule has 55 heavy (non-hydrogen) atoms. The topological polar surface area (TPSA) is 229 Å². The summed E-state index contributed by atoms with van der Waals surface area (Å²) < 4.78 is 0. The lowest BCUT2D eigenvalue weighted by Crippen LogP contribution is -2.59. The van der Waals surface area contributed by atoms with E-state index in [-0.39, 0.29) is 36.6 Å². The summed E-state index contributed by atoms with van der Waals surface area (Å²) in [6.07, 6.45) is 0.406. The molecule has 1 heterocycles. The van der Waals surface area contributed by atoms with Crippen LogP contribution in [-0.4, -0.2) is 107 Å². The third-order valence-corrected chi connectivity index (χ3v) is 10.1. The summed E-state index contributed by atoms with van der Waals surface area (Å²) >= 11 is 0. The van der Waals surface area contributed by atoms with Gasteiger partial charge in [0.05, 0.1) is 12.1 Å². The van der Waals surface area contributed by atoms with E-state index in [0.717, 1.165) is 5.56 Å². The third-order valence-electron chi connectivity index (χ3n) is 10.1. The molecule has 1 aliphatic rings. The highest BCUT2D eigenvalue weighted by molar-refractivity contribution is 5.96. The van der Waals surface area contributed by atoms with Gasteiger partial charge in [-0.3, -0.25) is 38.5 Å². The van der Waals surface area contributed by atoms with Crippen molar-refractivity contribution in [2.24, 2.45) is 29.4 Å². The first-order chi connectivity index (χ1) is 25.8. The molecule has 1 aliphatic heterocycles. The lowest BCUT2D eigenvalue weighted by Gasteiger charge is -2.31. The van der Waals surface area contributed by atoms with Crippen LogP contribution in [-0.2, 0) is 40.0 Å². The monoisotopic (exact) mass is 771 g/mol. The fourth-order valence-corrected chi connectivity index (χ4v) is 6.72. The minimum Gasteiger partial charge on any atom is -0.384 e. The standard InChI is InChI=1S/C40H65N7O8/c1-10-25(8)34(40(55)44-32(23(4)5)36(41)51)46-38(53)30-17-14-18-47(30)21-31(49)35(50)28(20-27-15-12-11-13-16-27)43-39(54)33(24(6)7)45-37(52)29(19-22(2)3)42-26(9)48/h11-13,15-16,22-25,28-34,49H,10,14,17-21H2,1-9H3,(H2,41,51)(H,42,48)(H,43,54)(H,44,55)(H,45,52)(H,46,53)/t25-,28-,29-,30-,31+,32-,33-,34-/m0/s1. The van der Waals surface area contributed by atoms with Crippen molar-refractivity contribution < 1.29 is 38.7 Å². The zero-order valence-corrected chi connectivity index (χ0v) is 34.0. The number of benzene rings is 1. The van der Waals surface area contributed by atoms with Gasteiger partial charge in [-0.1, -0.05) is 92.1 Å². The van der Waals surface area contributed by atoms with Crippen LogP contribution in [0, 0.1) is 23.7 Å². The first-order valence-corrected chi connectivity index (χ1v) is 19.5. The number of aliphatic hydroxyl groups excluding tert-OH is 1. The van der Waals surface area contributed by atoms with Gasteiger partial charge >= 0.3 is 0 Å². The van der Waals surface area contributed by atoms with Crippen LogP contribution in [0.1, 0.15) is 93.6 Å². The van der Waals surface area contributed by atoms with Gasteiger partial charge in [0.2, 0.25) is 35.4 Å². The third kappa shape index (κ3) is 14.7. The van der Waals surface area contributed by atoms with Gasteiger partial charge in [0.25, 0.3) is 0 Å². The van der Waals surface area contributed by atoms with Crippen molar-refractivity contribution in [3.05, 3.63) is 35.9 Å². The molecule has 0 radical (unpaired) electrons. The van der Waals surface area contributed by atoms with Crippen LogP contribution in [0.2, 0.25) is 0 Å². The predicted octanol–water partition coefficient (Wildman–Crippen LogP) is 0.957. The van der Waals surface area contributed by atoms with Crippen LogP contribution in [0.4, 0.5) is 0 Å². The van der Waals surface area contributed by atoms with E-state index in [2.05, 4.69) is 26.6 Å². The van der Waals surface area contributed by atoms with Gasteiger partial charge in [-0.05, 0) is 61.5 Å². The Balaban J connectivity index is 2.27. The molecule has 0 spiro atoms. The summed E-state index contributed by atoms with van der Waals surface area (Å²) in [6.45, 7) is 16.0. The summed E-state index contributed by atoms with van der Waals surface area (Å²) in [7, 11) is 0. The average Bonchev–Trinajstić information content (AvgIpc) is 3.57. The number of ketones is 1. The summed E-state index contributed by atoms with van der Waals surface area (Å²) in [4.78, 5) is 93.7. The van der Waals surface area contributed by atoms with Gasteiger partial charge in [0.1, 0.15) is 30.3 Å². The Bertz CT molecular complexity index is 1470. The van der Waals surface area contributed by atoms with Crippen LogP contribution in [0.25, 0.3) is 0 Å². The van der Waals surface area contributed by atoms with Crippen LogP contribution in [0.15, 0.2) is 30.3 Å². The van der Waals surface area contributed by atoms with Gasteiger partial charge in [-0.15, -0.1) is 0 Å². The largest absolute Gasteiger partial charge is 0.384 e. The van der Waals surface area contributed by atoms with Crippen LogP contribution >= 0.6 is 0 Å². The van der Waals surface area contributed by atoms with E-state index in [0.29, 0.717) is 32.2 Å². The molecule has 6 amide bonds. The van der Waals surface area contributed by atoms with E-state index < -0.39 is 83.6 Å². The fourth-order valence-electron chi connectivity index (χ4n) is 6.72. The van der Waals surface area contributed by atoms with Crippen molar-refractivity contribution >= 4 is 41.2 Å². The molecule has 15 nitrogen and oxygen atoms in total. The van der Waals surface area contributed by atoms with Gasteiger partial charge in [0.15, 0.2) is 5.78 Å². The van der Waals surface area contributed by atoms with Crippen molar-refractivity contribution in [1.29, 1.82) is 0 Å². The van der Waals surface area contributed by atoms with E-state index in [4.69, 9.17) is 5.73 Å². The molecule has 8 atom stereocenters. The molecule has 0 aliphatic carbocycles. The minimum absolute atomic E-state index is 0.0569. The van der Waals surface area contributed by atoms with E-state index in [1.54, 1.807) is 56.9 Å². The van der Waals surface area contributed by atoms with Gasteiger partial charge in [0, 0.05) is 13.5 Å². The average molecular weight is 772 g/mol. The van der Waals surface area contributed by atoms with Crippen molar-refractivity contribution in [2.75, 3.05) is 13.1 Å². The maximum atomic E-state index is 14.0. The van der Waals surface area contributed by atoms with Crippen LogP contribution < -0.4 is 32.3 Å². The Morgan fingerprint density at radius 1 is 0.782 bits per heavy atom. The number of nitrogens with one attached hydrogen (secondary N) is 5. The van der Waals surface area contributed by atoms with Crippen molar-refractivity contribution in [3.8, 4) is 0 Å². The van der Waals surface area contributed by atoms with Crippen molar-refractivity contribution in [2.45, 2.75) is 137 Å². The summed E-state index contributed by atoms with van der Waals surface area (Å²) in [5.41, 5.74) is 6.24. The second-order valence-corrected chi connectivity index (χ2v) is 15.9. The predicted molar refractivity (Wildman–Crippen MR) is 209 cm³/mol. The van der Waals surface area contributed by atoms with Gasteiger partial charge in [-0.25, -0.2) is 0 Å². The highest BCUT2D eigenvalue weighted by atomic mass is 16.3. The Kier molecular flexibility index (Phi) is 18.9. The van der Waals surface area contributed by atoms with E-state index in [1.165, 1.54) is 6.92 Å². The van der Waals surface area contributed by atoms with E-state index in [1.807, 2.05) is 33.8 Å². The normalized spacial score (nSPS) is 18.4. The zero-order chi connectivity index (χ0) is 41.6. The number of nitrogens with two attached hydrogens (primary N) is 1. The molecule has 308 valence electrons. The molecular formula is C40H65N7O8. The SMILES string of the molecule is CC[C@H](C)[C@H](NC(=O)[C@@H]1CCCN1C[C@@H](O)C(=O)[C@H](Cc1ccccc1)NC(=O)[C@@H](NC(=O)[C@H](CC(C)C)NC(C)=O)C(C)C)C(=O)N[C@H](C(N)=O)C(C)C. The van der Waals surface area contributed by atoms with Gasteiger partial charge in [-0.2, -0.15) is 0 Å². The van der Waals surface area contributed by atoms with E-state index in [9.17, 15) is 38.7 Å². The smallest absolute Gasteiger partial charge is 0.243 e. The maximum absolute atomic E-state index is 14.0. The lowest BCUT2D eigenvalue weighted by atomic mass is 9.96. The number of hydrogen-bond donors (Lipinski definition) is 7. The molecule has 1 aromatic rings. The number of amides is 6. The second kappa shape index (κ2) is 22.2. The Hall–Kier alpha value is -4.37. The number of Topliss-reactive ketones (excluding diaryl/α,β-unsaturated/α-hetero) is 1.